The molecule has 0 bridgehead atoms. The summed E-state index contributed by atoms with van der Waals surface area (Å²) in [5.41, 5.74) is 1.10. The van der Waals surface area contributed by atoms with Crippen molar-refractivity contribution < 1.29 is 4.74 Å². The SMILES string of the molecule is CCCCCC(C)Oc1ccc(Br)c2[nH]ccc12. The van der Waals surface area contributed by atoms with E-state index in [2.05, 4.69) is 40.8 Å². The largest absolute Gasteiger partial charge is 0.490 e. The molecular weight excluding hydrogens is 290 g/mol. The first-order valence-corrected chi connectivity index (χ1v) is 7.44. The molecule has 0 aliphatic heterocycles. The van der Waals surface area contributed by atoms with E-state index in [9.17, 15) is 0 Å². The molecule has 18 heavy (non-hydrogen) atoms. The third kappa shape index (κ3) is 3.08. The van der Waals surface area contributed by atoms with Gasteiger partial charge in [-0.05, 0) is 53.9 Å². The van der Waals surface area contributed by atoms with Gasteiger partial charge in [0.2, 0.25) is 0 Å². The fourth-order valence-electron chi connectivity index (χ4n) is 2.15. The van der Waals surface area contributed by atoms with Crippen LogP contribution in [0.2, 0.25) is 0 Å². The average Bonchev–Trinajstić information content (AvgIpc) is 2.83. The lowest BCUT2D eigenvalue weighted by molar-refractivity contribution is 0.209. The minimum Gasteiger partial charge on any atom is -0.490 e. The van der Waals surface area contributed by atoms with Crippen molar-refractivity contribution in [2.75, 3.05) is 0 Å². The number of ether oxygens (including phenoxy) is 1. The molecule has 98 valence electrons. The van der Waals surface area contributed by atoms with E-state index < -0.39 is 0 Å². The molecule has 0 aliphatic rings. The number of hydrogen-bond donors (Lipinski definition) is 1. The van der Waals surface area contributed by atoms with Gasteiger partial charge >= 0.3 is 0 Å². The summed E-state index contributed by atoms with van der Waals surface area (Å²) < 4.78 is 7.12. The predicted octanol–water partition coefficient (Wildman–Crippen LogP) is 5.28. The van der Waals surface area contributed by atoms with E-state index in [-0.39, 0.29) is 6.10 Å². The lowest BCUT2D eigenvalue weighted by Crippen LogP contribution is -2.11. The molecule has 1 heterocycles. The topological polar surface area (TPSA) is 25.0 Å². The Morgan fingerprint density at radius 3 is 2.89 bits per heavy atom. The van der Waals surface area contributed by atoms with Crippen molar-refractivity contribution in [3.8, 4) is 5.75 Å². The smallest absolute Gasteiger partial charge is 0.129 e. The summed E-state index contributed by atoms with van der Waals surface area (Å²) in [5, 5.41) is 1.15. The van der Waals surface area contributed by atoms with Crippen molar-refractivity contribution in [3.05, 3.63) is 28.9 Å². The average molecular weight is 310 g/mol. The molecule has 0 radical (unpaired) electrons. The standard InChI is InChI=1S/C15H20BrNO/c1-3-4-5-6-11(2)18-14-8-7-13(16)15-12(14)9-10-17-15/h7-11,17H,3-6H2,1-2H3. The maximum Gasteiger partial charge on any atom is 0.129 e. The van der Waals surface area contributed by atoms with E-state index in [0.717, 1.165) is 27.5 Å². The van der Waals surface area contributed by atoms with Crippen LogP contribution in [0.4, 0.5) is 0 Å². The van der Waals surface area contributed by atoms with Crippen LogP contribution < -0.4 is 4.74 Å². The second-order valence-corrected chi connectivity index (χ2v) is 5.59. The Bertz CT molecular complexity index is 506. The van der Waals surface area contributed by atoms with Crippen molar-refractivity contribution in [1.29, 1.82) is 0 Å². The summed E-state index contributed by atoms with van der Waals surface area (Å²) in [6.45, 7) is 4.37. The Labute approximate surface area is 117 Å². The van der Waals surface area contributed by atoms with E-state index in [1.807, 2.05) is 18.3 Å². The van der Waals surface area contributed by atoms with Gasteiger partial charge in [-0.15, -0.1) is 0 Å². The molecular formula is C15H20BrNO. The summed E-state index contributed by atoms with van der Waals surface area (Å²) in [6.07, 6.45) is 7.13. The number of fused-ring (bicyclic) bond motifs is 1. The van der Waals surface area contributed by atoms with Gasteiger partial charge in [0.25, 0.3) is 0 Å². The van der Waals surface area contributed by atoms with Crippen molar-refractivity contribution in [3.63, 3.8) is 0 Å². The van der Waals surface area contributed by atoms with Crippen LogP contribution in [0.25, 0.3) is 10.9 Å². The Balaban J connectivity index is 2.07. The molecule has 0 saturated carbocycles. The first-order chi connectivity index (χ1) is 8.72. The van der Waals surface area contributed by atoms with Gasteiger partial charge in [0.05, 0.1) is 11.6 Å². The minimum atomic E-state index is 0.274. The lowest BCUT2D eigenvalue weighted by Gasteiger charge is -2.15. The number of halogens is 1. The van der Waals surface area contributed by atoms with Crippen molar-refractivity contribution in [2.45, 2.75) is 45.6 Å². The number of nitrogens with one attached hydrogen (secondary N) is 1. The number of hydrogen-bond acceptors (Lipinski definition) is 1. The number of H-pyrrole nitrogens is 1. The van der Waals surface area contributed by atoms with Crippen LogP contribution in [-0.4, -0.2) is 11.1 Å². The van der Waals surface area contributed by atoms with Gasteiger partial charge in [-0.3, -0.25) is 0 Å². The summed E-state index contributed by atoms with van der Waals surface area (Å²) in [6, 6.07) is 6.14. The van der Waals surface area contributed by atoms with Crippen LogP contribution in [0.1, 0.15) is 39.5 Å². The molecule has 3 heteroatoms. The molecule has 2 rings (SSSR count). The van der Waals surface area contributed by atoms with Crippen LogP contribution in [0, 0.1) is 0 Å². The summed E-state index contributed by atoms with van der Waals surface area (Å²) >= 11 is 3.54. The van der Waals surface area contributed by atoms with Crippen LogP contribution in [0.5, 0.6) is 5.75 Å². The Kier molecular flexibility index (Phi) is 4.70. The predicted molar refractivity (Wildman–Crippen MR) is 80.2 cm³/mol. The maximum atomic E-state index is 6.05. The third-order valence-electron chi connectivity index (χ3n) is 3.17. The van der Waals surface area contributed by atoms with Gasteiger partial charge in [0, 0.05) is 16.1 Å². The molecule has 1 aromatic heterocycles. The van der Waals surface area contributed by atoms with Gasteiger partial charge in [-0.25, -0.2) is 0 Å². The highest BCUT2D eigenvalue weighted by atomic mass is 79.9. The molecule has 2 aromatic rings. The Morgan fingerprint density at radius 1 is 1.28 bits per heavy atom. The van der Waals surface area contributed by atoms with E-state index in [4.69, 9.17) is 4.74 Å². The Morgan fingerprint density at radius 2 is 2.11 bits per heavy atom. The molecule has 0 spiro atoms. The highest BCUT2D eigenvalue weighted by molar-refractivity contribution is 9.10. The molecule has 1 N–H and O–H groups in total. The normalized spacial score (nSPS) is 12.8. The second-order valence-electron chi connectivity index (χ2n) is 4.74. The number of aromatic amines is 1. The van der Waals surface area contributed by atoms with Gasteiger partial charge in [-0.2, -0.15) is 0 Å². The molecule has 0 aliphatic carbocycles. The van der Waals surface area contributed by atoms with Crippen LogP contribution >= 0.6 is 15.9 Å². The van der Waals surface area contributed by atoms with Crippen molar-refractivity contribution >= 4 is 26.8 Å². The number of benzene rings is 1. The number of rotatable bonds is 6. The highest BCUT2D eigenvalue weighted by Crippen LogP contribution is 2.31. The molecule has 0 saturated heterocycles. The van der Waals surface area contributed by atoms with Crippen LogP contribution in [-0.2, 0) is 0 Å². The van der Waals surface area contributed by atoms with Gasteiger partial charge < -0.3 is 9.72 Å². The zero-order valence-electron chi connectivity index (χ0n) is 11.0. The van der Waals surface area contributed by atoms with E-state index in [1.165, 1.54) is 19.3 Å². The van der Waals surface area contributed by atoms with Gasteiger partial charge in [0.15, 0.2) is 0 Å². The summed E-state index contributed by atoms with van der Waals surface area (Å²) in [5.74, 6) is 0.971. The molecule has 1 unspecified atom stereocenters. The first kappa shape index (κ1) is 13.5. The fourth-order valence-corrected chi connectivity index (χ4v) is 2.61. The van der Waals surface area contributed by atoms with E-state index in [1.54, 1.807) is 0 Å². The van der Waals surface area contributed by atoms with E-state index in [0.29, 0.717) is 0 Å². The number of aromatic nitrogens is 1. The van der Waals surface area contributed by atoms with Crippen LogP contribution in [0.15, 0.2) is 28.9 Å². The summed E-state index contributed by atoms with van der Waals surface area (Å²) in [7, 11) is 0. The monoisotopic (exact) mass is 309 g/mol. The molecule has 1 atom stereocenters. The Hall–Kier alpha value is -0.960. The van der Waals surface area contributed by atoms with E-state index >= 15 is 0 Å². The minimum absolute atomic E-state index is 0.274. The lowest BCUT2D eigenvalue weighted by atomic mass is 10.1. The number of unbranched alkanes of at least 4 members (excludes halogenated alkanes) is 2. The van der Waals surface area contributed by atoms with Crippen molar-refractivity contribution in [2.24, 2.45) is 0 Å². The van der Waals surface area contributed by atoms with Crippen molar-refractivity contribution in [1.82, 2.24) is 4.98 Å². The van der Waals surface area contributed by atoms with Gasteiger partial charge in [0.1, 0.15) is 5.75 Å². The second kappa shape index (κ2) is 6.28. The zero-order valence-corrected chi connectivity index (χ0v) is 12.6. The maximum absolute atomic E-state index is 6.05. The highest BCUT2D eigenvalue weighted by Gasteiger charge is 2.09. The quantitative estimate of drug-likeness (QED) is 0.722. The third-order valence-corrected chi connectivity index (χ3v) is 3.84. The molecule has 2 nitrogen and oxygen atoms in total. The molecule has 0 fully saturated rings. The summed E-state index contributed by atoms with van der Waals surface area (Å²) in [4.78, 5) is 3.23. The van der Waals surface area contributed by atoms with Crippen LogP contribution in [0.3, 0.4) is 0 Å². The molecule has 1 aromatic carbocycles. The molecule has 0 amide bonds. The zero-order chi connectivity index (χ0) is 13.0. The van der Waals surface area contributed by atoms with Gasteiger partial charge in [-0.1, -0.05) is 19.8 Å². The fraction of sp³-hybridized carbons (Fsp3) is 0.467. The first-order valence-electron chi connectivity index (χ1n) is 6.64.